The lowest BCUT2D eigenvalue weighted by Crippen LogP contribution is -2.44. The molecule has 0 bridgehead atoms. The topological polar surface area (TPSA) is 118 Å². The number of nitrogens with one attached hydrogen (secondary N) is 2. The van der Waals surface area contributed by atoms with Gasteiger partial charge in [0, 0.05) is 49.1 Å². The Morgan fingerprint density at radius 2 is 1.93 bits per heavy atom. The number of thiazole rings is 1. The molecule has 2 N–H and O–H groups in total. The molecule has 1 aliphatic carbocycles. The second-order valence-electron chi connectivity index (χ2n) is 11.9. The quantitative estimate of drug-likeness (QED) is 0.289. The number of benzene rings is 1. The van der Waals surface area contributed by atoms with E-state index in [4.69, 9.17) is 21.7 Å². The van der Waals surface area contributed by atoms with E-state index in [0.717, 1.165) is 64.6 Å². The molecule has 0 radical (unpaired) electrons. The van der Waals surface area contributed by atoms with Crippen LogP contribution in [-0.2, 0) is 17.6 Å². The molecule has 12 heteroatoms. The number of aryl methyl sites for hydroxylation is 1. The van der Waals surface area contributed by atoms with E-state index in [2.05, 4.69) is 41.4 Å². The Morgan fingerprint density at radius 3 is 2.69 bits per heavy atom. The molecule has 6 rings (SSSR count). The second-order valence-corrected chi connectivity index (χ2v) is 13.3. The number of urea groups is 1. The van der Waals surface area contributed by atoms with Crippen molar-refractivity contribution in [3.8, 4) is 27.5 Å². The first-order valence-corrected chi connectivity index (χ1v) is 15.3. The summed E-state index contributed by atoms with van der Waals surface area (Å²) in [4.78, 5) is 41.8. The van der Waals surface area contributed by atoms with Crippen molar-refractivity contribution in [1.82, 2.24) is 34.9 Å². The van der Waals surface area contributed by atoms with E-state index < -0.39 is 0 Å². The summed E-state index contributed by atoms with van der Waals surface area (Å²) >= 11 is 8.04. The minimum Gasteiger partial charge on any atom is -0.338 e. The highest BCUT2D eigenvalue weighted by Gasteiger charge is 2.32. The normalized spacial score (nSPS) is 16.2. The first kappa shape index (κ1) is 28.3. The van der Waals surface area contributed by atoms with E-state index in [1.165, 1.54) is 17.7 Å². The summed E-state index contributed by atoms with van der Waals surface area (Å²) in [5.74, 6) is 0.146. The molecule has 218 valence electrons. The van der Waals surface area contributed by atoms with Gasteiger partial charge in [0.2, 0.25) is 5.91 Å². The fraction of sp³-hybridized carbons (Fsp3) is 0.400. The van der Waals surface area contributed by atoms with E-state index >= 15 is 0 Å². The highest BCUT2D eigenvalue weighted by atomic mass is 35.5. The Balaban J connectivity index is 1.23. The molecule has 10 nitrogen and oxygen atoms in total. The average molecular weight is 605 g/mol. The van der Waals surface area contributed by atoms with Crippen molar-refractivity contribution in [3.05, 3.63) is 59.3 Å². The third-order valence-corrected chi connectivity index (χ3v) is 8.86. The van der Waals surface area contributed by atoms with E-state index in [9.17, 15) is 9.59 Å². The maximum Gasteiger partial charge on any atom is 0.321 e. The molecule has 0 unspecified atom stereocenters. The zero-order valence-electron chi connectivity index (χ0n) is 23.9. The van der Waals surface area contributed by atoms with Gasteiger partial charge in [0.15, 0.2) is 5.13 Å². The number of carbonyl (C=O) groups is 2. The standard InChI is InChI=1S/C30H33ClN8O2S/c1-30(2,3)13-24(40)38-12-6-7-19(38)16-34-28(41)36-29-35-22-11-10-20-25(18-14-32-17-33-15-18)37-39(26(20)27(22)42-29)23-9-5-4-8-21(23)31/h4-5,8-9,14-15,17,19H,6-7,10-13,16H2,1-3H3,(H2,34,35,36,41)/t19-/m1/s1. The van der Waals surface area contributed by atoms with Crippen LogP contribution in [0.15, 0.2) is 43.0 Å². The predicted octanol–water partition coefficient (Wildman–Crippen LogP) is 5.75. The minimum absolute atomic E-state index is 0.00279. The number of aromatic nitrogens is 5. The molecule has 42 heavy (non-hydrogen) atoms. The van der Waals surface area contributed by atoms with E-state index in [0.29, 0.717) is 29.5 Å². The summed E-state index contributed by atoms with van der Waals surface area (Å²) in [5, 5.41) is 12.0. The molecule has 0 spiro atoms. The van der Waals surface area contributed by atoms with Gasteiger partial charge in [0.05, 0.1) is 32.7 Å². The number of anilines is 1. The molecule has 1 saturated heterocycles. The maximum absolute atomic E-state index is 12.9. The fourth-order valence-electron chi connectivity index (χ4n) is 5.66. The molecule has 3 aromatic heterocycles. The first-order chi connectivity index (χ1) is 20.2. The number of hydrogen-bond acceptors (Lipinski definition) is 7. The summed E-state index contributed by atoms with van der Waals surface area (Å²) in [7, 11) is 0. The minimum atomic E-state index is -0.335. The summed E-state index contributed by atoms with van der Waals surface area (Å²) < 4.78 is 1.86. The maximum atomic E-state index is 12.9. The Labute approximate surface area is 253 Å². The van der Waals surface area contributed by atoms with Crippen molar-refractivity contribution in [2.24, 2.45) is 5.41 Å². The zero-order chi connectivity index (χ0) is 29.4. The number of nitrogens with zero attached hydrogens (tertiary/aromatic N) is 6. The molecule has 0 saturated carbocycles. The van der Waals surface area contributed by atoms with Gasteiger partial charge in [0.25, 0.3) is 0 Å². The lowest BCUT2D eigenvalue weighted by Gasteiger charge is -2.28. The zero-order valence-corrected chi connectivity index (χ0v) is 25.4. The Morgan fingerprint density at radius 1 is 1.14 bits per heavy atom. The highest BCUT2D eigenvalue weighted by Crippen LogP contribution is 2.44. The number of fused-ring (bicyclic) bond motifs is 3. The predicted molar refractivity (Wildman–Crippen MR) is 164 cm³/mol. The molecular weight excluding hydrogens is 572 g/mol. The van der Waals surface area contributed by atoms with Crippen LogP contribution < -0.4 is 10.6 Å². The van der Waals surface area contributed by atoms with Gasteiger partial charge in [-0.3, -0.25) is 10.1 Å². The van der Waals surface area contributed by atoms with Crippen LogP contribution in [-0.4, -0.2) is 60.7 Å². The second kappa shape index (κ2) is 11.4. The Kier molecular flexibility index (Phi) is 7.71. The summed E-state index contributed by atoms with van der Waals surface area (Å²) in [6, 6.07) is 7.25. The smallest absolute Gasteiger partial charge is 0.321 e. The highest BCUT2D eigenvalue weighted by molar-refractivity contribution is 7.19. The van der Waals surface area contributed by atoms with Crippen molar-refractivity contribution in [3.63, 3.8) is 0 Å². The van der Waals surface area contributed by atoms with Crippen LogP contribution in [0.2, 0.25) is 5.02 Å². The van der Waals surface area contributed by atoms with Crippen molar-refractivity contribution >= 4 is 40.0 Å². The number of para-hydroxylation sites is 1. The Bertz CT molecular complexity index is 1630. The largest absolute Gasteiger partial charge is 0.338 e. The molecule has 2 aliphatic rings. The number of carbonyl (C=O) groups excluding carboxylic acids is 2. The lowest BCUT2D eigenvalue weighted by atomic mass is 9.91. The van der Waals surface area contributed by atoms with Crippen LogP contribution in [0.4, 0.5) is 9.93 Å². The van der Waals surface area contributed by atoms with Gasteiger partial charge in [-0.1, -0.05) is 55.8 Å². The molecule has 1 atom stereocenters. The number of halogens is 1. The lowest BCUT2D eigenvalue weighted by molar-refractivity contribution is -0.133. The van der Waals surface area contributed by atoms with Crippen LogP contribution in [0.3, 0.4) is 0 Å². The van der Waals surface area contributed by atoms with Gasteiger partial charge in [-0.15, -0.1) is 0 Å². The summed E-state index contributed by atoms with van der Waals surface area (Å²) in [6.45, 7) is 7.34. The van der Waals surface area contributed by atoms with Crippen LogP contribution in [0, 0.1) is 5.41 Å². The van der Waals surface area contributed by atoms with Gasteiger partial charge < -0.3 is 10.2 Å². The Hall–Kier alpha value is -3.83. The molecule has 3 amide bonds. The van der Waals surface area contributed by atoms with E-state index in [1.807, 2.05) is 33.8 Å². The van der Waals surface area contributed by atoms with Crippen LogP contribution in [0.5, 0.6) is 0 Å². The fourth-order valence-corrected chi connectivity index (χ4v) is 6.94. The van der Waals surface area contributed by atoms with Crippen LogP contribution in [0.25, 0.3) is 27.5 Å². The summed E-state index contributed by atoms with van der Waals surface area (Å²) in [5.41, 5.74) is 5.20. The van der Waals surface area contributed by atoms with Gasteiger partial charge in [-0.05, 0) is 43.2 Å². The van der Waals surface area contributed by atoms with Crippen molar-refractivity contribution in [2.45, 2.75) is 58.9 Å². The molecule has 4 aromatic rings. The SMILES string of the molecule is CC(C)(C)CC(=O)N1CCC[C@@H]1CNC(=O)Nc1nc2c(s1)-c1c(c(-c3cncnc3)nn1-c1ccccc1Cl)CC2. The number of hydrogen-bond donors (Lipinski definition) is 2. The molecule has 1 aliphatic heterocycles. The number of likely N-dealkylation sites (tertiary alicyclic amines) is 1. The van der Waals surface area contributed by atoms with Gasteiger partial charge in [-0.25, -0.2) is 24.4 Å². The molecule has 1 fully saturated rings. The molecular formula is C30H33ClN8O2S. The average Bonchev–Trinajstić information content (AvgIpc) is 3.68. The third kappa shape index (κ3) is 5.76. The van der Waals surface area contributed by atoms with Crippen molar-refractivity contribution < 1.29 is 9.59 Å². The van der Waals surface area contributed by atoms with E-state index in [1.54, 1.807) is 12.4 Å². The molecule has 1 aromatic carbocycles. The van der Waals surface area contributed by atoms with Gasteiger partial charge >= 0.3 is 6.03 Å². The third-order valence-electron chi connectivity index (χ3n) is 7.52. The first-order valence-electron chi connectivity index (χ1n) is 14.1. The number of rotatable bonds is 6. The van der Waals surface area contributed by atoms with Crippen molar-refractivity contribution in [2.75, 3.05) is 18.4 Å². The van der Waals surface area contributed by atoms with Gasteiger partial charge in [-0.2, -0.15) is 5.10 Å². The van der Waals surface area contributed by atoms with E-state index in [-0.39, 0.29) is 23.4 Å². The van der Waals surface area contributed by atoms with Crippen LogP contribution >= 0.6 is 22.9 Å². The monoisotopic (exact) mass is 604 g/mol. The molecule has 4 heterocycles. The van der Waals surface area contributed by atoms with Crippen LogP contribution in [0.1, 0.15) is 51.3 Å². The summed E-state index contributed by atoms with van der Waals surface area (Å²) in [6.07, 6.45) is 8.78. The number of amides is 3. The van der Waals surface area contributed by atoms with Crippen molar-refractivity contribution in [1.29, 1.82) is 0 Å². The van der Waals surface area contributed by atoms with Gasteiger partial charge in [0.1, 0.15) is 6.33 Å².